The average molecular weight is 321 g/mol. The molecule has 1 amide bonds. The van der Waals surface area contributed by atoms with Crippen LogP contribution in [0.4, 0.5) is 0 Å². The second-order valence-corrected chi connectivity index (χ2v) is 5.37. The molecule has 0 bridgehead atoms. The summed E-state index contributed by atoms with van der Waals surface area (Å²) < 4.78 is 7.32. The average Bonchev–Trinajstić information content (AvgIpc) is 2.94. The number of ether oxygens (including phenoxy) is 1. The maximum Gasteiger partial charge on any atom is 0.273 e. The van der Waals surface area contributed by atoms with Crippen LogP contribution in [0.5, 0.6) is 5.75 Å². The molecule has 0 saturated carbocycles. The molecule has 5 heteroatoms. The lowest BCUT2D eigenvalue weighted by Gasteiger charge is -2.02. The summed E-state index contributed by atoms with van der Waals surface area (Å²) >= 11 is 0. The SMILES string of the molecule is CCOc1ccc(/C=N\NC(=O)c2cn(C)c3ccccc23)cc1. The first kappa shape index (κ1) is 15.8. The van der Waals surface area contributed by atoms with Crippen molar-refractivity contribution in [2.45, 2.75) is 6.92 Å². The molecule has 1 heterocycles. The summed E-state index contributed by atoms with van der Waals surface area (Å²) in [7, 11) is 1.92. The lowest BCUT2D eigenvalue weighted by atomic mass is 10.2. The summed E-state index contributed by atoms with van der Waals surface area (Å²) in [5.41, 5.74) is 5.08. The fraction of sp³-hybridized carbons (Fsp3) is 0.158. The number of fused-ring (bicyclic) bond motifs is 1. The van der Waals surface area contributed by atoms with Crippen LogP contribution in [0.2, 0.25) is 0 Å². The Morgan fingerprint density at radius 3 is 2.71 bits per heavy atom. The highest BCUT2D eigenvalue weighted by atomic mass is 16.5. The number of carbonyl (C=O) groups is 1. The van der Waals surface area contributed by atoms with Gasteiger partial charge in [0.2, 0.25) is 0 Å². The Hall–Kier alpha value is -3.08. The third kappa shape index (κ3) is 3.30. The first-order chi connectivity index (χ1) is 11.7. The molecular formula is C19H19N3O2. The van der Waals surface area contributed by atoms with Gasteiger partial charge in [0.1, 0.15) is 5.75 Å². The summed E-state index contributed by atoms with van der Waals surface area (Å²) in [4.78, 5) is 12.3. The maximum atomic E-state index is 12.3. The number of hydrogen-bond acceptors (Lipinski definition) is 3. The molecule has 5 nitrogen and oxygen atoms in total. The second kappa shape index (κ2) is 7.00. The van der Waals surface area contributed by atoms with E-state index in [0.29, 0.717) is 12.2 Å². The molecule has 0 radical (unpaired) electrons. The standard InChI is InChI=1S/C19H19N3O2/c1-3-24-15-10-8-14(9-11-15)12-20-21-19(23)17-13-22(2)18-7-5-4-6-16(17)18/h4-13H,3H2,1-2H3,(H,21,23)/b20-12-. The summed E-state index contributed by atoms with van der Waals surface area (Å²) in [5.74, 6) is 0.587. The van der Waals surface area contributed by atoms with Crippen molar-refractivity contribution >= 4 is 23.0 Å². The van der Waals surface area contributed by atoms with E-state index in [0.717, 1.165) is 22.2 Å². The Kier molecular flexibility index (Phi) is 4.61. The molecule has 1 N–H and O–H groups in total. The van der Waals surface area contributed by atoms with Crippen molar-refractivity contribution in [3.05, 3.63) is 65.9 Å². The van der Waals surface area contributed by atoms with Crippen molar-refractivity contribution in [3.63, 3.8) is 0 Å². The zero-order valence-electron chi connectivity index (χ0n) is 13.7. The molecule has 24 heavy (non-hydrogen) atoms. The molecule has 0 saturated heterocycles. The number of hydrogen-bond donors (Lipinski definition) is 1. The molecule has 0 spiro atoms. The van der Waals surface area contributed by atoms with Crippen LogP contribution in [0, 0.1) is 0 Å². The van der Waals surface area contributed by atoms with E-state index in [1.807, 2.05) is 73.3 Å². The normalized spacial score (nSPS) is 11.1. The van der Waals surface area contributed by atoms with Crippen LogP contribution in [0.3, 0.4) is 0 Å². The van der Waals surface area contributed by atoms with Gasteiger partial charge >= 0.3 is 0 Å². The maximum absolute atomic E-state index is 12.3. The Labute approximate surface area is 140 Å². The third-order valence-electron chi connectivity index (χ3n) is 3.71. The predicted molar refractivity (Wildman–Crippen MR) is 95.6 cm³/mol. The highest BCUT2D eigenvalue weighted by molar-refractivity contribution is 6.07. The summed E-state index contributed by atoms with van der Waals surface area (Å²) in [6.45, 7) is 2.58. The van der Waals surface area contributed by atoms with Gasteiger partial charge in [-0.1, -0.05) is 18.2 Å². The van der Waals surface area contributed by atoms with Gasteiger partial charge in [-0.2, -0.15) is 5.10 Å². The lowest BCUT2D eigenvalue weighted by molar-refractivity contribution is 0.0956. The molecular weight excluding hydrogens is 302 g/mol. The second-order valence-electron chi connectivity index (χ2n) is 5.37. The summed E-state index contributed by atoms with van der Waals surface area (Å²) in [6.07, 6.45) is 3.42. The minimum absolute atomic E-state index is 0.228. The molecule has 3 rings (SSSR count). The van der Waals surface area contributed by atoms with Gasteiger partial charge in [-0.15, -0.1) is 0 Å². The predicted octanol–water partition coefficient (Wildman–Crippen LogP) is 3.34. The van der Waals surface area contributed by atoms with Crippen LogP contribution < -0.4 is 10.2 Å². The number of amides is 1. The summed E-state index contributed by atoms with van der Waals surface area (Å²) in [5, 5.41) is 4.95. The largest absolute Gasteiger partial charge is 0.494 e. The molecule has 0 fully saturated rings. The van der Waals surface area contributed by atoms with Gasteiger partial charge in [0.25, 0.3) is 5.91 Å². The number of benzene rings is 2. The molecule has 0 aliphatic carbocycles. The van der Waals surface area contributed by atoms with Crippen molar-refractivity contribution in [3.8, 4) is 5.75 Å². The number of aryl methyl sites for hydroxylation is 1. The molecule has 2 aromatic carbocycles. The van der Waals surface area contributed by atoms with E-state index in [9.17, 15) is 4.79 Å². The zero-order valence-corrected chi connectivity index (χ0v) is 13.7. The van der Waals surface area contributed by atoms with Gasteiger partial charge in [0, 0.05) is 24.1 Å². The first-order valence-corrected chi connectivity index (χ1v) is 7.79. The minimum Gasteiger partial charge on any atom is -0.494 e. The minimum atomic E-state index is -0.228. The highest BCUT2D eigenvalue weighted by Gasteiger charge is 2.12. The van der Waals surface area contributed by atoms with Gasteiger partial charge in [-0.3, -0.25) is 4.79 Å². The van der Waals surface area contributed by atoms with Gasteiger partial charge < -0.3 is 9.30 Å². The van der Waals surface area contributed by atoms with Crippen LogP contribution in [-0.2, 0) is 7.05 Å². The number of para-hydroxylation sites is 1. The smallest absolute Gasteiger partial charge is 0.273 e. The van der Waals surface area contributed by atoms with Crippen molar-refractivity contribution in [2.75, 3.05) is 6.61 Å². The van der Waals surface area contributed by atoms with Crippen LogP contribution in [-0.4, -0.2) is 23.3 Å². The quantitative estimate of drug-likeness (QED) is 0.579. The zero-order chi connectivity index (χ0) is 16.9. The van der Waals surface area contributed by atoms with E-state index in [2.05, 4.69) is 10.5 Å². The van der Waals surface area contributed by atoms with Crippen LogP contribution >= 0.6 is 0 Å². The molecule has 0 aliphatic rings. The van der Waals surface area contributed by atoms with Crippen molar-refractivity contribution in [2.24, 2.45) is 12.1 Å². The van der Waals surface area contributed by atoms with E-state index in [4.69, 9.17) is 4.74 Å². The molecule has 3 aromatic rings. The topological polar surface area (TPSA) is 55.6 Å². The molecule has 0 unspecified atom stereocenters. The third-order valence-corrected chi connectivity index (χ3v) is 3.71. The lowest BCUT2D eigenvalue weighted by Crippen LogP contribution is -2.17. The number of carbonyl (C=O) groups excluding carboxylic acids is 1. The van der Waals surface area contributed by atoms with Gasteiger partial charge in [0.05, 0.1) is 18.4 Å². The Balaban J connectivity index is 1.70. The number of nitrogens with one attached hydrogen (secondary N) is 1. The van der Waals surface area contributed by atoms with Crippen molar-refractivity contribution in [1.82, 2.24) is 9.99 Å². The van der Waals surface area contributed by atoms with Gasteiger partial charge in [-0.05, 0) is 42.8 Å². The number of aromatic nitrogens is 1. The van der Waals surface area contributed by atoms with E-state index in [1.54, 1.807) is 6.21 Å². The van der Waals surface area contributed by atoms with Gasteiger partial charge in [-0.25, -0.2) is 5.43 Å². The number of hydrazone groups is 1. The Morgan fingerprint density at radius 2 is 1.96 bits per heavy atom. The van der Waals surface area contributed by atoms with E-state index in [-0.39, 0.29) is 5.91 Å². The number of rotatable bonds is 5. The van der Waals surface area contributed by atoms with E-state index < -0.39 is 0 Å². The molecule has 122 valence electrons. The molecule has 0 aliphatic heterocycles. The fourth-order valence-corrected chi connectivity index (χ4v) is 2.57. The van der Waals surface area contributed by atoms with Crippen LogP contribution in [0.1, 0.15) is 22.8 Å². The summed E-state index contributed by atoms with van der Waals surface area (Å²) in [6, 6.07) is 15.3. The van der Waals surface area contributed by atoms with Crippen molar-refractivity contribution < 1.29 is 9.53 Å². The van der Waals surface area contributed by atoms with Gasteiger partial charge in [0.15, 0.2) is 0 Å². The highest BCUT2D eigenvalue weighted by Crippen LogP contribution is 2.20. The molecule has 1 aromatic heterocycles. The molecule has 0 atom stereocenters. The Bertz CT molecular complexity index is 879. The fourth-order valence-electron chi connectivity index (χ4n) is 2.57. The van der Waals surface area contributed by atoms with Crippen LogP contribution in [0.15, 0.2) is 59.8 Å². The monoisotopic (exact) mass is 321 g/mol. The Morgan fingerprint density at radius 1 is 1.21 bits per heavy atom. The number of nitrogens with zero attached hydrogens (tertiary/aromatic N) is 2. The van der Waals surface area contributed by atoms with E-state index >= 15 is 0 Å². The first-order valence-electron chi connectivity index (χ1n) is 7.79. The van der Waals surface area contributed by atoms with E-state index in [1.165, 1.54) is 0 Å². The van der Waals surface area contributed by atoms with Crippen molar-refractivity contribution in [1.29, 1.82) is 0 Å². The van der Waals surface area contributed by atoms with Crippen LogP contribution in [0.25, 0.3) is 10.9 Å².